The summed E-state index contributed by atoms with van der Waals surface area (Å²) in [6.07, 6.45) is 6.89. The molecule has 8 nitrogen and oxygen atoms in total. The summed E-state index contributed by atoms with van der Waals surface area (Å²) in [5.41, 5.74) is 1.94. The van der Waals surface area contributed by atoms with Crippen LogP contribution in [0, 0.1) is 11.8 Å². The fraction of sp³-hybridized carbons (Fsp3) is 0.704. The molecule has 1 aromatic heterocycles. The van der Waals surface area contributed by atoms with E-state index in [0.29, 0.717) is 19.0 Å². The average Bonchev–Trinajstić information content (AvgIpc) is 3.73. The van der Waals surface area contributed by atoms with Crippen molar-refractivity contribution in [2.45, 2.75) is 76.0 Å². The van der Waals surface area contributed by atoms with Crippen molar-refractivity contribution in [1.29, 1.82) is 0 Å². The first-order chi connectivity index (χ1) is 16.8. The number of hydrogen-bond donors (Lipinski definition) is 1. The molecule has 0 unspecified atom stereocenters. The Kier molecular flexibility index (Phi) is 6.57. The third-order valence-corrected chi connectivity index (χ3v) is 8.31. The Morgan fingerprint density at radius 2 is 2.11 bits per heavy atom. The number of nitrogens with one attached hydrogen (secondary N) is 1. The van der Waals surface area contributed by atoms with Gasteiger partial charge in [0, 0.05) is 33.4 Å². The predicted octanol–water partition coefficient (Wildman–Crippen LogP) is 3.81. The van der Waals surface area contributed by atoms with Crippen molar-refractivity contribution in [2.75, 3.05) is 39.2 Å². The summed E-state index contributed by atoms with van der Waals surface area (Å²) in [7, 11) is 3.57. The molecule has 3 aliphatic heterocycles. The number of carbonyl (C=O) groups is 1. The number of aromatic nitrogens is 1. The summed E-state index contributed by atoms with van der Waals surface area (Å²) < 4.78 is 24.3. The van der Waals surface area contributed by atoms with Crippen LogP contribution in [0.3, 0.4) is 0 Å². The Hall–Kier alpha value is -2.16. The molecule has 4 heterocycles. The van der Waals surface area contributed by atoms with Crippen LogP contribution in [0.15, 0.2) is 30.0 Å². The normalized spacial score (nSPS) is 35.9. The van der Waals surface area contributed by atoms with E-state index in [1.165, 1.54) is 11.1 Å². The van der Waals surface area contributed by atoms with Crippen molar-refractivity contribution >= 4 is 11.9 Å². The molecular formula is C27H39N3O5. The minimum atomic E-state index is -0.326. The van der Waals surface area contributed by atoms with Crippen LogP contribution in [0.25, 0.3) is 0 Å². The molecule has 0 radical (unpaired) electrons. The van der Waals surface area contributed by atoms with Gasteiger partial charge in [-0.2, -0.15) is 0 Å². The van der Waals surface area contributed by atoms with Crippen LogP contribution in [0.2, 0.25) is 0 Å². The van der Waals surface area contributed by atoms with E-state index in [1.807, 2.05) is 19.3 Å². The number of nitrogens with zero attached hydrogens (tertiary/aromatic N) is 2. The molecule has 1 N–H and O–H groups in total. The van der Waals surface area contributed by atoms with Crippen LogP contribution >= 0.6 is 0 Å². The highest BCUT2D eigenvalue weighted by molar-refractivity contribution is 5.69. The number of amides is 1. The Labute approximate surface area is 208 Å². The number of anilines is 1. The molecule has 5 rings (SSSR count). The maximum atomic E-state index is 13.0. The number of pyridine rings is 1. The largest absolute Gasteiger partial charge is 0.443 e. The lowest BCUT2D eigenvalue weighted by Gasteiger charge is -2.44. The Morgan fingerprint density at radius 3 is 2.71 bits per heavy atom. The molecule has 1 amide bonds. The number of allylic oxidation sites excluding steroid dienone is 1. The fourth-order valence-electron chi connectivity index (χ4n) is 6.15. The summed E-state index contributed by atoms with van der Waals surface area (Å²) in [6, 6.07) is 4.07. The number of hydrogen-bond acceptors (Lipinski definition) is 7. The summed E-state index contributed by atoms with van der Waals surface area (Å²) in [4.78, 5) is 19.2. The van der Waals surface area contributed by atoms with Gasteiger partial charge in [0.05, 0.1) is 18.6 Å². The van der Waals surface area contributed by atoms with Crippen LogP contribution in [-0.2, 0) is 25.4 Å². The second-order valence-corrected chi connectivity index (χ2v) is 11.1. The van der Waals surface area contributed by atoms with Crippen LogP contribution in [-0.4, -0.2) is 79.3 Å². The SMILES string of the molecule is CNc1ccc(CC2CN(C(=O)O[C@@H]3CC[C@]4(CO4)[C@@H]([C@@]4(C)O[C@@H]4CC=C(C)C)[C@@H]3OC)C2)cn1. The lowest BCUT2D eigenvalue weighted by Crippen LogP contribution is -2.57. The maximum absolute atomic E-state index is 13.0. The first-order valence-electron chi connectivity index (χ1n) is 12.8. The van der Waals surface area contributed by atoms with E-state index in [2.05, 4.69) is 43.2 Å². The zero-order chi connectivity index (χ0) is 24.8. The smallest absolute Gasteiger partial charge is 0.410 e. The molecule has 1 spiro atoms. The van der Waals surface area contributed by atoms with Gasteiger partial charge in [-0.05, 0) is 64.0 Å². The highest BCUT2D eigenvalue weighted by Gasteiger charge is 2.72. The van der Waals surface area contributed by atoms with Gasteiger partial charge in [0.1, 0.15) is 29.2 Å². The summed E-state index contributed by atoms with van der Waals surface area (Å²) in [5.74, 6) is 1.33. The maximum Gasteiger partial charge on any atom is 0.410 e. The minimum Gasteiger partial charge on any atom is -0.443 e. The molecule has 1 saturated carbocycles. The lowest BCUT2D eigenvalue weighted by atomic mass is 9.68. The zero-order valence-electron chi connectivity index (χ0n) is 21.6. The van der Waals surface area contributed by atoms with Crippen LogP contribution in [0.1, 0.15) is 45.6 Å². The number of methoxy groups -OCH3 is 1. The van der Waals surface area contributed by atoms with E-state index in [9.17, 15) is 4.79 Å². The number of ether oxygens (including phenoxy) is 4. The quantitative estimate of drug-likeness (QED) is 0.442. The molecule has 1 aromatic rings. The van der Waals surface area contributed by atoms with Crippen LogP contribution < -0.4 is 5.32 Å². The van der Waals surface area contributed by atoms with Gasteiger partial charge in [-0.3, -0.25) is 0 Å². The van der Waals surface area contributed by atoms with Gasteiger partial charge in [0.25, 0.3) is 0 Å². The standard InChI is InChI=1S/C27H39N3O5/c1-17(2)6-8-21-26(3,35-21)24-23(32-5)20(10-11-27(24)16-33-27)34-25(31)30-14-19(15-30)12-18-7-9-22(28-4)29-13-18/h6-7,9,13,19-21,23-24H,8,10-12,14-16H2,1-5H3,(H,28,29)/t20-,21-,23-,24-,26+,27+/m1/s1. The molecule has 35 heavy (non-hydrogen) atoms. The molecule has 6 atom stereocenters. The number of likely N-dealkylation sites (tertiary alicyclic amines) is 1. The van der Waals surface area contributed by atoms with Crippen molar-refractivity contribution in [3.05, 3.63) is 35.5 Å². The average molecular weight is 486 g/mol. The van der Waals surface area contributed by atoms with E-state index >= 15 is 0 Å². The number of rotatable bonds is 8. The van der Waals surface area contributed by atoms with E-state index in [4.69, 9.17) is 18.9 Å². The highest BCUT2D eigenvalue weighted by atomic mass is 16.6. The fourth-order valence-corrected chi connectivity index (χ4v) is 6.15. The zero-order valence-corrected chi connectivity index (χ0v) is 21.6. The number of carbonyl (C=O) groups excluding carboxylic acids is 1. The molecule has 192 valence electrons. The molecule has 4 aliphatic rings. The van der Waals surface area contributed by atoms with Gasteiger partial charge in [-0.25, -0.2) is 9.78 Å². The first kappa shape index (κ1) is 24.5. The van der Waals surface area contributed by atoms with Crippen molar-refractivity contribution in [3.8, 4) is 0 Å². The number of epoxide rings is 2. The van der Waals surface area contributed by atoms with Gasteiger partial charge < -0.3 is 29.2 Å². The molecule has 3 saturated heterocycles. The second kappa shape index (κ2) is 9.37. The predicted molar refractivity (Wildman–Crippen MR) is 132 cm³/mol. The molecule has 0 aromatic carbocycles. The Balaban J connectivity index is 1.17. The van der Waals surface area contributed by atoms with E-state index in [1.54, 1.807) is 12.0 Å². The van der Waals surface area contributed by atoms with Gasteiger partial charge in [-0.1, -0.05) is 17.7 Å². The van der Waals surface area contributed by atoms with E-state index in [0.717, 1.165) is 38.1 Å². The Morgan fingerprint density at radius 1 is 1.34 bits per heavy atom. The third-order valence-electron chi connectivity index (χ3n) is 8.31. The van der Waals surface area contributed by atoms with Crippen LogP contribution in [0.5, 0.6) is 0 Å². The van der Waals surface area contributed by atoms with E-state index in [-0.39, 0.29) is 41.5 Å². The molecule has 1 aliphatic carbocycles. The minimum absolute atomic E-state index is 0.0410. The van der Waals surface area contributed by atoms with Crippen LogP contribution in [0.4, 0.5) is 10.6 Å². The Bertz CT molecular complexity index is 952. The van der Waals surface area contributed by atoms with E-state index < -0.39 is 0 Å². The first-order valence-corrected chi connectivity index (χ1v) is 12.8. The van der Waals surface area contributed by atoms with Gasteiger partial charge >= 0.3 is 6.09 Å². The highest BCUT2D eigenvalue weighted by Crippen LogP contribution is 2.59. The summed E-state index contributed by atoms with van der Waals surface area (Å²) in [5, 5.41) is 3.03. The topological polar surface area (TPSA) is 88.8 Å². The monoisotopic (exact) mass is 485 g/mol. The van der Waals surface area contributed by atoms with Crippen molar-refractivity contribution in [2.24, 2.45) is 11.8 Å². The van der Waals surface area contributed by atoms with Crippen molar-refractivity contribution in [1.82, 2.24) is 9.88 Å². The second-order valence-electron chi connectivity index (χ2n) is 11.1. The molecule has 8 heteroatoms. The van der Waals surface area contributed by atoms with Crippen molar-refractivity contribution < 1.29 is 23.7 Å². The lowest BCUT2D eigenvalue weighted by molar-refractivity contribution is -0.124. The summed E-state index contributed by atoms with van der Waals surface area (Å²) >= 11 is 0. The van der Waals surface area contributed by atoms with Gasteiger partial charge in [0.2, 0.25) is 0 Å². The third kappa shape index (κ3) is 4.80. The molecule has 4 fully saturated rings. The van der Waals surface area contributed by atoms with Gasteiger partial charge in [0.15, 0.2) is 0 Å². The van der Waals surface area contributed by atoms with Crippen molar-refractivity contribution in [3.63, 3.8) is 0 Å². The molecular weight excluding hydrogens is 446 g/mol. The van der Waals surface area contributed by atoms with Gasteiger partial charge in [-0.15, -0.1) is 0 Å². The molecule has 0 bridgehead atoms. The summed E-state index contributed by atoms with van der Waals surface area (Å²) in [6.45, 7) is 8.52.